The van der Waals surface area contributed by atoms with Crippen LogP contribution >= 0.6 is 0 Å². The first-order chi connectivity index (χ1) is 6.31. The molecule has 0 aliphatic rings. The van der Waals surface area contributed by atoms with Gasteiger partial charge in [0, 0.05) is 6.42 Å². The van der Waals surface area contributed by atoms with Crippen molar-refractivity contribution in [2.45, 2.75) is 25.9 Å². The summed E-state index contributed by atoms with van der Waals surface area (Å²) in [5.41, 5.74) is 3.77. The van der Waals surface area contributed by atoms with Crippen LogP contribution in [0.2, 0.25) is 0 Å². The Kier molecular flexibility index (Phi) is 2.43. The molecule has 7 heteroatoms. The van der Waals surface area contributed by atoms with Crippen molar-refractivity contribution in [3.05, 3.63) is 16.0 Å². The van der Waals surface area contributed by atoms with Crippen LogP contribution in [0.3, 0.4) is 0 Å². The van der Waals surface area contributed by atoms with Gasteiger partial charge in [0.15, 0.2) is 0 Å². The van der Waals surface area contributed by atoms with Gasteiger partial charge in [-0.2, -0.15) is 4.68 Å². The van der Waals surface area contributed by atoms with E-state index in [0.717, 1.165) is 0 Å². The Morgan fingerprint density at radius 1 is 1.50 bits per heavy atom. The van der Waals surface area contributed by atoms with Crippen molar-refractivity contribution in [1.82, 2.24) is 14.9 Å². The highest BCUT2D eigenvalue weighted by atomic mass is 16.3. The Hall–Kier alpha value is -1.63. The topological polar surface area (TPSA) is 120 Å². The molecule has 0 amide bonds. The quantitative estimate of drug-likeness (QED) is 0.486. The molecule has 1 heterocycles. The molecule has 0 radical (unpaired) electrons. The van der Waals surface area contributed by atoms with Crippen molar-refractivity contribution in [1.29, 1.82) is 0 Å². The molecule has 14 heavy (non-hydrogen) atoms. The third-order valence-electron chi connectivity index (χ3n) is 1.59. The van der Waals surface area contributed by atoms with E-state index in [1.165, 1.54) is 0 Å². The van der Waals surface area contributed by atoms with Gasteiger partial charge in [0.1, 0.15) is 5.69 Å². The molecule has 1 aromatic heterocycles. The third kappa shape index (κ3) is 2.19. The molecule has 0 fully saturated rings. The summed E-state index contributed by atoms with van der Waals surface area (Å²) < 4.78 is 0.702. The Labute approximate surface area is 80.3 Å². The van der Waals surface area contributed by atoms with E-state index in [2.05, 4.69) is 10.2 Å². The molecule has 7 nitrogen and oxygen atoms in total. The molecule has 0 unspecified atom stereocenters. The molecule has 0 atom stereocenters. The Morgan fingerprint density at radius 3 is 2.57 bits per heavy atom. The Bertz CT molecular complexity index is 392. The summed E-state index contributed by atoms with van der Waals surface area (Å²) in [7, 11) is 0. The lowest BCUT2D eigenvalue weighted by atomic mass is 10.0. The fourth-order valence-corrected chi connectivity index (χ4v) is 0.966. The predicted octanol–water partition coefficient (Wildman–Crippen LogP) is -1.75. The second-order valence-corrected chi connectivity index (χ2v) is 3.67. The molecule has 1 rings (SSSR count). The number of hydrogen-bond acceptors (Lipinski definition) is 6. The van der Waals surface area contributed by atoms with Crippen molar-refractivity contribution in [3.63, 3.8) is 0 Å². The van der Waals surface area contributed by atoms with E-state index in [4.69, 9.17) is 11.6 Å². The number of anilines is 1. The zero-order chi connectivity index (χ0) is 10.9. The molecule has 0 bridgehead atoms. The molecule has 5 N–H and O–H groups in total. The minimum atomic E-state index is -1.03. The second kappa shape index (κ2) is 3.26. The molecule has 0 saturated heterocycles. The van der Waals surface area contributed by atoms with E-state index in [1.807, 2.05) is 0 Å². The van der Waals surface area contributed by atoms with Gasteiger partial charge in [-0.05, 0) is 13.8 Å². The molecule has 0 saturated carbocycles. The summed E-state index contributed by atoms with van der Waals surface area (Å²) in [5, 5.41) is 16.5. The van der Waals surface area contributed by atoms with E-state index in [-0.39, 0.29) is 18.1 Å². The molecular weight excluding hydrogens is 186 g/mol. The van der Waals surface area contributed by atoms with Gasteiger partial charge in [-0.1, -0.05) is 0 Å². The number of rotatable bonds is 2. The summed E-state index contributed by atoms with van der Waals surface area (Å²) in [6.07, 6.45) is 0.0797. The van der Waals surface area contributed by atoms with E-state index >= 15 is 0 Å². The smallest absolute Gasteiger partial charge is 0.295 e. The van der Waals surface area contributed by atoms with Crippen molar-refractivity contribution in [2.75, 3.05) is 11.6 Å². The molecule has 0 aliphatic carbocycles. The monoisotopic (exact) mass is 199 g/mol. The SMILES string of the molecule is CC(C)(O)Cc1nnc(N)n(N)c1=O. The van der Waals surface area contributed by atoms with Crippen molar-refractivity contribution >= 4 is 5.95 Å². The van der Waals surface area contributed by atoms with Crippen LogP contribution in [0.1, 0.15) is 19.5 Å². The lowest BCUT2D eigenvalue weighted by Gasteiger charge is -2.15. The van der Waals surface area contributed by atoms with E-state index in [1.54, 1.807) is 13.8 Å². The average molecular weight is 199 g/mol. The summed E-state index contributed by atoms with van der Waals surface area (Å²) in [4.78, 5) is 11.4. The molecule has 0 aromatic carbocycles. The second-order valence-electron chi connectivity index (χ2n) is 3.67. The van der Waals surface area contributed by atoms with Gasteiger partial charge in [-0.15, -0.1) is 10.2 Å². The summed E-state index contributed by atoms with van der Waals surface area (Å²) in [5.74, 6) is 5.14. The van der Waals surface area contributed by atoms with Crippen molar-refractivity contribution in [3.8, 4) is 0 Å². The largest absolute Gasteiger partial charge is 0.390 e. The van der Waals surface area contributed by atoms with E-state index in [9.17, 15) is 9.90 Å². The van der Waals surface area contributed by atoms with Gasteiger partial charge in [0.05, 0.1) is 5.60 Å². The van der Waals surface area contributed by atoms with Gasteiger partial charge >= 0.3 is 0 Å². The lowest BCUT2D eigenvalue weighted by molar-refractivity contribution is 0.0792. The van der Waals surface area contributed by atoms with E-state index < -0.39 is 11.2 Å². The number of aromatic nitrogens is 3. The first-order valence-electron chi connectivity index (χ1n) is 4.03. The summed E-state index contributed by atoms with van der Waals surface area (Å²) >= 11 is 0. The highest BCUT2D eigenvalue weighted by Gasteiger charge is 2.18. The molecule has 0 spiro atoms. The normalized spacial score (nSPS) is 11.6. The number of nitrogens with two attached hydrogens (primary N) is 2. The Balaban J connectivity index is 3.13. The fraction of sp³-hybridized carbons (Fsp3) is 0.571. The molecule has 0 aliphatic heterocycles. The molecule has 1 aromatic rings. The fourth-order valence-electron chi connectivity index (χ4n) is 0.966. The van der Waals surface area contributed by atoms with Gasteiger partial charge in [0.2, 0.25) is 5.95 Å². The first-order valence-corrected chi connectivity index (χ1v) is 4.03. The summed E-state index contributed by atoms with van der Waals surface area (Å²) in [6.45, 7) is 3.12. The van der Waals surface area contributed by atoms with Gasteiger partial charge < -0.3 is 16.7 Å². The number of hydrogen-bond donors (Lipinski definition) is 3. The van der Waals surface area contributed by atoms with Crippen LogP contribution in [-0.2, 0) is 6.42 Å². The van der Waals surface area contributed by atoms with Crippen LogP contribution in [0.15, 0.2) is 4.79 Å². The summed E-state index contributed by atoms with van der Waals surface area (Å²) in [6, 6.07) is 0. The lowest BCUT2D eigenvalue weighted by Crippen LogP contribution is -2.37. The molecule has 78 valence electrons. The van der Waals surface area contributed by atoms with Crippen LogP contribution in [0.5, 0.6) is 0 Å². The minimum absolute atomic E-state index is 0.0797. The van der Waals surface area contributed by atoms with Crippen molar-refractivity contribution < 1.29 is 5.11 Å². The van der Waals surface area contributed by atoms with Crippen LogP contribution in [-0.4, -0.2) is 25.6 Å². The maximum Gasteiger partial charge on any atom is 0.295 e. The number of nitrogens with zero attached hydrogens (tertiary/aromatic N) is 3. The standard InChI is InChI=1S/C7H13N5O2/c1-7(2,14)3-4-5(13)12(9)6(8)11-10-4/h14H,3,9H2,1-2H3,(H2,8,11). The zero-order valence-electron chi connectivity index (χ0n) is 8.06. The maximum absolute atomic E-state index is 11.4. The van der Waals surface area contributed by atoms with Crippen LogP contribution in [0, 0.1) is 0 Å². The minimum Gasteiger partial charge on any atom is -0.390 e. The highest BCUT2D eigenvalue weighted by molar-refractivity contribution is 5.16. The van der Waals surface area contributed by atoms with Crippen molar-refractivity contribution in [2.24, 2.45) is 0 Å². The highest BCUT2D eigenvalue weighted by Crippen LogP contribution is 2.06. The van der Waals surface area contributed by atoms with Gasteiger partial charge in [0.25, 0.3) is 5.56 Å². The van der Waals surface area contributed by atoms with Gasteiger partial charge in [-0.25, -0.2) is 0 Å². The predicted molar refractivity (Wildman–Crippen MR) is 50.9 cm³/mol. The van der Waals surface area contributed by atoms with E-state index in [0.29, 0.717) is 4.68 Å². The van der Waals surface area contributed by atoms with Crippen LogP contribution in [0.4, 0.5) is 5.95 Å². The Morgan fingerprint density at radius 2 is 2.07 bits per heavy atom. The zero-order valence-corrected chi connectivity index (χ0v) is 8.06. The number of nitrogen functional groups attached to an aromatic ring is 2. The third-order valence-corrected chi connectivity index (χ3v) is 1.59. The number of aliphatic hydroxyl groups is 1. The molecular formula is C7H13N5O2. The maximum atomic E-state index is 11.4. The average Bonchev–Trinajstić information content (AvgIpc) is 2.04. The van der Waals surface area contributed by atoms with Gasteiger partial charge in [-0.3, -0.25) is 4.79 Å². The van der Waals surface area contributed by atoms with Crippen LogP contribution < -0.4 is 17.1 Å². The first kappa shape index (κ1) is 10.5. The van der Waals surface area contributed by atoms with Crippen LogP contribution in [0.25, 0.3) is 0 Å².